The van der Waals surface area contributed by atoms with E-state index in [2.05, 4.69) is 0 Å². The smallest absolute Gasteiger partial charge is 0.338 e. The van der Waals surface area contributed by atoms with E-state index in [1.54, 1.807) is 56.3 Å². The van der Waals surface area contributed by atoms with Gasteiger partial charge < -0.3 is 13.9 Å². The number of hydrogen-bond donors (Lipinski definition) is 0. The van der Waals surface area contributed by atoms with Crippen LogP contribution in [0.5, 0.6) is 5.75 Å². The molecule has 12 heteroatoms. The van der Waals surface area contributed by atoms with E-state index < -0.39 is 16.9 Å². The number of hydrogen-bond acceptors (Lipinski definition) is 9. The number of halogens is 1. The van der Waals surface area contributed by atoms with Crippen LogP contribution in [0.1, 0.15) is 49.6 Å². The highest BCUT2D eigenvalue weighted by Gasteiger charge is 2.36. The second-order valence-electron chi connectivity index (χ2n) is 9.76. The highest BCUT2D eigenvalue weighted by Crippen LogP contribution is 2.38. The number of non-ortho nitro benzene ring substituents is 1. The van der Waals surface area contributed by atoms with Crippen molar-refractivity contribution in [3.8, 4) is 17.1 Å². The van der Waals surface area contributed by atoms with Crippen LogP contribution in [0.4, 0.5) is 5.69 Å². The third-order valence-corrected chi connectivity index (χ3v) is 8.18. The summed E-state index contributed by atoms with van der Waals surface area (Å²) < 4.78 is 18.9. The molecule has 4 aromatic rings. The van der Waals surface area contributed by atoms with Crippen molar-refractivity contribution in [2.75, 3.05) is 13.7 Å². The number of rotatable bonds is 9. The molecule has 5 rings (SSSR count). The van der Waals surface area contributed by atoms with Gasteiger partial charge in [-0.25, -0.2) is 9.79 Å². The number of thiazole rings is 1. The summed E-state index contributed by atoms with van der Waals surface area (Å²) in [5.41, 5.74) is 2.32. The zero-order valence-corrected chi connectivity index (χ0v) is 25.5. The number of ether oxygens (including phenoxy) is 2. The molecule has 0 saturated heterocycles. The summed E-state index contributed by atoms with van der Waals surface area (Å²) in [6.45, 7) is 5.62. The normalized spacial score (nSPS) is 14.8. The fourth-order valence-corrected chi connectivity index (χ4v) is 6.26. The number of methoxy groups -OCH3 is 1. The Morgan fingerprint density at radius 3 is 2.67 bits per heavy atom. The van der Waals surface area contributed by atoms with Gasteiger partial charge in [0.05, 0.1) is 34.4 Å². The molecule has 10 nitrogen and oxygen atoms in total. The molecule has 43 heavy (non-hydrogen) atoms. The Morgan fingerprint density at radius 1 is 1.21 bits per heavy atom. The second kappa shape index (κ2) is 12.4. The predicted octanol–water partition coefficient (Wildman–Crippen LogP) is 5.72. The number of fused-ring (bicyclic) bond motifs is 1. The number of allylic oxidation sites excluding steroid dienone is 1. The van der Waals surface area contributed by atoms with E-state index >= 15 is 0 Å². The second-order valence-corrected chi connectivity index (χ2v) is 11.2. The van der Waals surface area contributed by atoms with Gasteiger partial charge in [0.15, 0.2) is 4.80 Å². The van der Waals surface area contributed by atoms with Crippen molar-refractivity contribution in [2.45, 2.75) is 39.7 Å². The summed E-state index contributed by atoms with van der Waals surface area (Å²) in [6, 6.07) is 12.2. The molecule has 2 aromatic heterocycles. The number of carbonyl (C=O) groups excluding carboxylic acids is 1. The monoisotopic (exact) mass is 621 g/mol. The lowest BCUT2D eigenvalue weighted by Gasteiger charge is -2.27. The molecule has 0 spiro atoms. The van der Waals surface area contributed by atoms with Crippen LogP contribution in [0.3, 0.4) is 0 Å². The Kier molecular flexibility index (Phi) is 8.65. The maximum atomic E-state index is 14.0. The summed E-state index contributed by atoms with van der Waals surface area (Å²) in [5.74, 6) is 0.805. The first-order chi connectivity index (χ1) is 20.7. The lowest BCUT2D eigenvalue weighted by atomic mass is 9.93. The van der Waals surface area contributed by atoms with E-state index in [1.165, 1.54) is 35.1 Å². The first-order valence-electron chi connectivity index (χ1n) is 13.6. The fraction of sp³-hybridized carbons (Fsp3) is 0.258. The minimum absolute atomic E-state index is 0.00958. The quantitative estimate of drug-likeness (QED) is 0.133. The zero-order chi connectivity index (χ0) is 30.8. The van der Waals surface area contributed by atoms with Gasteiger partial charge in [-0.15, -0.1) is 0 Å². The van der Waals surface area contributed by atoms with Crippen molar-refractivity contribution < 1.29 is 23.6 Å². The lowest BCUT2D eigenvalue weighted by molar-refractivity contribution is -0.384. The standard InChI is InChI=1S/C31H28ClN3O7S/c1-5-7-23-27(30(37)41-6-2)28(22-15-18(32)8-12-24(22)40-4)34-29(36)26(43-31(34)33-23)16-20-10-13-25(42-20)21-11-9-19(35(38)39)14-17(21)3/h8-16,28H,5-7H2,1-4H3/b26-16+/t28-/m0/s1. The number of nitro benzene ring substituents is 1. The predicted molar refractivity (Wildman–Crippen MR) is 163 cm³/mol. The van der Waals surface area contributed by atoms with E-state index in [0.717, 1.165) is 0 Å². The molecule has 3 heterocycles. The van der Waals surface area contributed by atoms with E-state index in [0.29, 0.717) is 66.9 Å². The van der Waals surface area contributed by atoms with Crippen LogP contribution in [0.15, 0.2) is 74.0 Å². The number of furan rings is 1. The Balaban J connectivity index is 1.68. The molecule has 0 saturated carbocycles. The maximum Gasteiger partial charge on any atom is 0.338 e. The molecule has 0 aliphatic carbocycles. The van der Waals surface area contributed by atoms with Crippen LogP contribution in [0, 0.1) is 17.0 Å². The van der Waals surface area contributed by atoms with Gasteiger partial charge in [0.1, 0.15) is 23.3 Å². The van der Waals surface area contributed by atoms with Gasteiger partial charge >= 0.3 is 5.97 Å². The first kappa shape index (κ1) is 30.0. The molecule has 1 aliphatic rings. The summed E-state index contributed by atoms with van der Waals surface area (Å²) in [4.78, 5) is 43.3. The molecule has 1 aliphatic heterocycles. The maximum absolute atomic E-state index is 14.0. The highest BCUT2D eigenvalue weighted by atomic mass is 35.5. The number of carbonyl (C=O) groups is 1. The van der Waals surface area contributed by atoms with Gasteiger partial charge in [0.2, 0.25) is 0 Å². The van der Waals surface area contributed by atoms with Gasteiger partial charge in [0.25, 0.3) is 11.2 Å². The third-order valence-electron chi connectivity index (χ3n) is 6.96. The Labute approximate surface area is 255 Å². The van der Waals surface area contributed by atoms with E-state index in [-0.39, 0.29) is 23.4 Å². The molecular formula is C31H28ClN3O7S. The molecule has 0 radical (unpaired) electrons. The number of esters is 1. The average molecular weight is 622 g/mol. The molecule has 0 amide bonds. The van der Waals surface area contributed by atoms with Crippen LogP contribution in [-0.4, -0.2) is 29.2 Å². The number of aromatic nitrogens is 1. The number of nitrogens with zero attached hydrogens (tertiary/aromatic N) is 3. The Bertz CT molecular complexity index is 1950. The zero-order valence-electron chi connectivity index (χ0n) is 23.9. The summed E-state index contributed by atoms with van der Waals surface area (Å²) in [7, 11) is 1.51. The SMILES string of the molecule is CCCC1=C(C(=O)OCC)[C@H](c2cc(Cl)ccc2OC)n2c(s/c(=C/c3ccc(-c4ccc([N+](=O)[O-])cc4C)o3)c2=O)=N1. The van der Waals surface area contributed by atoms with Crippen LogP contribution in [0.2, 0.25) is 5.02 Å². The van der Waals surface area contributed by atoms with Crippen molar-refractivity contribution in [3.05, 3.63) is 112 Å². The van der Waals surface area contributed by atoms with Crippen molar-refractivity contribution in [3.63, 3.8) is 0 Å². The molecule has 222 valence electrons. The minimum atomic E-state index is -0.887. The topological polar surface area (TPSA) is 126 Å². The molecule has 0 N–H and O–H groups in total. The largest absolute Gasteiger partial charge is 0.496 e. The van der Waals surface area contributed by atoms with E-state index in [4.69, 9.17) is 30.5 Å². The van der Waals surface area contributed by atoms with E-state index in [9.17, 15) is 19.7 Å². The Hall–Kier alpha value is -4.48. The van der Waals surface area contributed by atoms with Crippen LogP contribution >= 0.6 is 22.9 Å². The van der Waals surface area contributed by atoms with Crippen molar-refractivity contribution in [1.29, 1.82) is 0 Å². The highest BCUT2D eigenvalue weighted by molar-refractivity contribution is 7.07. The van der Waals surface area contributed by atoms with Gasteiger partial charge in [-0.05, 0) is 62.2 Å². The molecular weight excluding hydrogens is 594 g/mol. The fourth-order valence-electron chi connectivity index (χ4n) is 5.08. The molecule has 0 bridgehead atoms. The summed E-state index contributed by atoms with van der Waals surface area (Å²) in [6.07, 6.45) is 2.83. The number of benzene rings is 2. The van der Waals surface area contributed by atoms with Crippen molar-refractivity contribution >= 4 is 40.7 Å². The third kappa shape index (κ3) is 5.78. The lowest BCUT2D eigenvalue weighted by Crippen LogP contribution is -2.40. The molecule has 0 unspecified atom stereocenters. The average Bonchev–Trinajstić information content (AvgIpc) is 3.56. The van der Waals surface area contributed by atoms with Gasteiger partial charge in [0, 0.05) is 34.4 Å². The minimum Gasteiger partial charge on any atom is -0.496 e. The Morgan fingerprint density at radius 2 is 2.00 bits per heavy atom. The van der Waals surface area contributed by atoms with E-state index in [1.807, 2.05) is 6.92 Å². The summed E-state index contributed by atoms with van der Waals surface area (Å²) in [5, 5.41) is 11.5. The van der Waals surface area contributed by atoms with Crippen LogP contribution in [0.25, 0.3) is 17.4 Å². The van der Waals surface area contributed by atoms with Crippen molar-refractivity contribution in [2.24, 2.45) is 4.99 Å². The molecule has 0 fully saturated rings. The van der Waals surface area contributed by atoms with Gasteiger partial charge in [-0.1, -0.05) is 36.3 Å². The molecule has 1 atom stereocenters. The van der Waals surface area contributed by atoms with Gasteiger partial charge in [-0.2, -0.15) is 0 Å². The first-order valence-corrected chi connectivity index (χ1v) is 14.8. The number of aryl methyl sites for hydroxylation is 1. The number of nitro groups is 1. The summed E-state index contributed by atoms with van der Waals surface area (Å²) >= 11 is 7.57. The van der Waals surface area contributed by atoms with Crippen LogP contribution in [-0.2, 0) is 9.53 Å². The van der Waals surface area contributed by atoms with Gasteiger partial charge in [-0.3, -0.25) is 19.5 Å². The van der Waals surface area contributed by atoms with Crippen molar-refractivity contribution in [1.82, 2.24) is 4.57 Å². The molecule has 2 aromatic carbocycles. The van der Waals surface area contributed by atoms with Crippen LogP contribution < -0.4 is 19.6 Å².